The van der Waals surface area contributed by atoms with Crippen LogP contribution < -0.4 is 0 Å². The SMILES string of the molecule is Clc1ccc2c(ccc3oc4ccncc4c32)c1. The molecule has 2 aromatic carbocycles. The van der Waals surface area contributed by atoms with E-state index in [1.54, 1.807) is 6.20 Å². The molecule has 0 bridgehead atoms. The fourth-order valence-electron chi connectivity index (χ4n) is 2.42. The number of nitrogens with zero attached hydrogens (tertiary/aromatic N) is 1. The Morgan fingerprint density at radius 3 is 2.83 bits per heavy atom. The highest BCUT2D eigenvalue weighted by Gasteiger charge is 2.10. The van der Waals surface area contributed by atoms with Crippen molar-refractivity contribution in [1.82, 2.24) is 4.98 Å². The molecule has 0 saturated carbocycles. The maximum atomic E-state index is 6.03. The number of hydrogen-bond acceptors (Lipinski definition) is 2. The summed E-state index contributed by atoms with van der Waals surface area (Å²) in [7, 11) is 0. The van der Waals surface area contributed by atoms with Gasteiger partial charge in [0.25, 0.3) is 0 Å². The first-order valence-corrected chi connectivity index (χ1v) is 6.05. The predicted octanol–water partition coefficient (Wildman–Crippen LogP) is 4.79. The van der Waals surface area contributed by atoms with Crippen molar-refractivity contribution >= 4 is 44.3 Å². The van der Waals surface area contributed by atoms with E-state index in [9.17, 15) is 0 Å². The highest BCUT2D eigenvalue weighted by molar-refractivity contribution is 6.32. The van der Waals surface area contributed by atoms with Gasteiger partial charge in [0.05, 0.1) is 0 Å². The van der Waals surface area contributed by atoms with Gasteiger partial charge in [0, 0.05) is 28.2 Å². The highest BCUT2D eigenvalue weighted by Crippen LogP contribution is 2.34. The van der Waals surface area contributed by atoms with Crippen molar-refractivity contribution < 1.29 is 4.42 Å². The molecule has 0 atom stereocenters. The smallest absolute Gasteiger partial charge is 0.138 e. The van der Waals surface area contributed by atoms with Crippen molar-refractivity contribution in [2.75, 3.05) is 0 Å². The van der Waals surface area contributed by atoms with Crippen molar-refractivity contribution in [2.24, 2.45) is 0 Å². The molecule has 0 fully saturated rings. The molecule has 0 N–H and O–H groups in total. The Morgan fingerprint density at radius 1 is 0.944 bits per heavy atom. The quantitative estimate of drug-likeness (QED) is 0.450. The average Bonchev–Trinajstić information content (AvgIpc) is 2.77. The van der Waals surface area contributed by atoms with Crippen molar-refractivity contribution in [3.05, 3.63) is 53.8 Å². The number of furan rings is 1. The lowest BCUT2D eigenvalue weighted by Crippen LogP contribution is -1.75. The van der Waals surface area contributed by atoms with Crippen molar-refractivity contribution in [3.8, 4) is 0 Å². The minimum absolute atomic E-state index is 0.743. The Kier molecular flexibility index (Phi) is 1.91. The van der Waals surface area contributed by atoms with E-state index in [1.165, 1.54) is 0 Å². The summed E-state index contributed by atoms with van der Waals surface area (Å²) in [6, 6.07) is 11.8. The maximum Gasteiger partial charge on any atom is 0.138 e. The highest BCUT2D eigenvalue weighted by atomic mass is 35.5. The van der Waals surface area contributed by atoms with Crippen molar-refractivity contribution in [1.29, 1.82) is 0 Å². The van der Waals surface area contributed by atoms with Crippen LogP contribution in [0.4, 0.5) is 0 Å². The van der Waals surface area contributed by atoms with Gasteiger partial charge < -0.3 is 4.42 Å². The summed E-state index contributed by atoms with van der Waals surface area (Å²) in [5.41, 5.74) is 1.75. The Morgan fingerprint density at radius 2 is 1.89 bits per heavy atom. The largest absolute Gasteiger partial charge is 0.456 e. The second kappa shape index (κ2) is 3.47. The first-order chi connectivity index (χ1) is 8.83. The van der Waals surface area contributed by atoms with Gasteiger partial charge in [0.1, 0.15) is 11.2 Å². The zero-order valence-electron chi connectivity index (χ0n) is 9.35. The molecule has 0 saturated heterocycles. The summed E-state index contributed by atoms with van der Waals surface area (Å²) >= 11 is 6.03. The zero-order chi connectivity index (χ0) is 12.1. The number of halogens is 1. The molecule has 0 radical (unpaired) electrons. The lowest BCUT2D eigenvalue weighted by Gasteiger charge is -1.99. The summed E-state index contributed by atoms with van der Waals surface area (Å²) in [6.07, 6.45) is 3.58. The zero-order valence-corrected chi connectivity index (χ0v) is 10.1. The van der Waals surface area contributed by atoms with E-state index in [2.05, 4.69) is 4.98 Å². The van der Waals surface area contributed by atoms with Crippen LogP contribution in [0.2, 0.25) is 5.02 Å². The van der Waals surface area contributed by atoms with Crippen molar-refractivity contribution in [2.45, 2.75) is 0 Å². The maximum absolute atomic E-state index is 6.03. The Labute approximate surface area is 108 Å². The van der Waals surface area contributed by atoms with E-state index in [-0.39, 0.29) is 0 Å². The molecular formula is C15H8ClNO. The molecule has 2 aromatic heterocycles. The number of hydrogen-bond donors (Lipinski definition) is 0. The molecule has 4 rings (SSSR count). The van der Waals surface area contributed by atoms with Gasteiger partial charge in [-0.3, -0.25) is 4.98 Å². The molecule has 2 heterocycles. The first-order valence-electron chi connectivity index (χ1n) is 5.67. The van der Waals surface area contributed by atoms with Crippen LogP contribution in [0, 0.1) is 0 Å². The van der Waals surface area contributed by atoms with E-state index < -0.39 is 0 Å². The van der Waals surface area contributed by atoms with Crippen LogP contribution in [-0.2, 0) is 0 Å². The minimum Gasteiger partial charge on any atom is -0.456 e. The summed E-state index contributed by atoms with van der Waals surface area (Å²) in [5.74, 6) is 0. The minimum atomic E-state index is 0.743. The van der Waals surface area contributed by atoms with Crippen molar-refractivity contribution in [3.63, 3.8) is 0 Å². The first kappa shape index (κ1) is 9.92. The molecule has 3 heteroatoms. The number of benzene rings is 2. The third-order valence-electron chi connectivity index (χ3n) is 3.21. The molecule has 18 heavy (non-hydrogen) atoms. The van der Waals surface area contributed by atoms with Crippen LogP contribution >= 0.6 is 11.6 Å². The lowest BCUT2D eigenvalue weighted by molar-refractivity contribution is 0.668. The summed E-state index contributed by atoms with van der Waals surface area (Å²) in [5, 5.41) is 5.14. The topological polar surface area (TPSA) is 26.0 Å². The Hall–Kier alpha value is -2.06. The lowest BCUT2D eigenvalue weighted by atomic mass is 10.0. The molecule has 0 aliphatic heterocycles. The monoisotopic (exact) mass is 253 g/mol. The van der Waals surface area contributed by atoms with Crippen LogP contribution in [0.5, 0.6) is 0 Å². The number of fused-ring (bicyclic) bond motifs is 5. The van der Waals surface area contributed by atoms with E-state index in [4.69, 9.17) is 16.0 Å². The molecule has 86 valence electrons. The van der Waals surface area contributed by atoms with Gasteiger partial charge in [-0.05, 0) is 35.0 Å². The number of pyridine rings is 1. The van der Waals surface area contributed by atoms with Gasteiger partial charge in [0.15, 0.2) is 0 Å². The van der Waals surface area contributed by atoms with Gasteiger partial charge in [-0.2, -0.15) is 0 Å². The summed E-state index contributed by atoms with van der Waals surface area (Å²) in [4.78, 5) is 4.17. The van der Waals surface area contributed by atoms with Gasteiger partial charge in [0.2, 0.25) is 0 Å². The van der Waals surface area contributed by atoms with Gasteiger partial charge >= 0.3 is 0 Å². The molecule has 0 amide bonds. The summed E-state index contributed by atoms with van der Waals surface area (Å²) < 4.78 is 5.82. The molecular weight excluding hydrogens is 246 g/mol. The molecule has 0 aliphatic rings. The second-order valence-corrected chi connectivity index (χ2v) is 4.71. The third kappa shape index (κ3) is 1.27. The molecule has 4 aromatic rings. The number of rotatable bonds is 0. The summed E-state index contributed by atoms with van der Waals surface area (Å²) in [6.45, 7) is 0. The van der Waals surface area contributed by atoms with Gasteiger partial charge in [-0.15, -0.1) is 0 Å². The van der Waals surface area contributed by atoms with Gasteiger partial charge in [-0.1, -0.05) is 23.7 Å². The third-order valence-corrected chi connectivity index (χ3v) is 3.45. The number of aromatic nitrogens is 1. The van der Waals surface area contributed by atoms with Gasteiger partial charge in [-0.25, -0.2) is 0 Å². The standard InChI is InChI=1S/C15H8ClNO/c16-10-2-3-11-9(7-10)1-4-14-15(11)12-8-17-6-5-13(12)18-14/h1-8H. The van der Waals surface area contributed by atoms with Crippen LogP contribution in [0.25, 0.3) is 32.7 Å². The van der Waals surface area contributed by atoms with Crippen LogP contribution in [-0.4, -0.2) is 4.98 Å². The van der Waals surface area contributed by atoms with E-state index in [1.807, 2.05) is 42.6 Å². The van der Waals surface area contributed by atoms with Crippen LogP contribution in [0.3, 0.4) is 0 Å². The van der Waals surface area contributed by atoms with E-state index in [0.717, 1.165) is 37.7 Å². The predicted molar refractivity (Wildman–Crippen MR) is 74.0 cm³/mol. The Bertz CT molecular complexity index is 895. The van der Waals surface area contributed by atoms with E-state index in [0.29, 0.717) is 0 Å². The second-order valence-electron chi connectivity index (χ2n) is 4.28. The molecule has 0 spiro atoms. The molecule has 0 unspecified atom stereocenters. The van der Waals surface area contributed by atoms with Crippen LogP contribution in [0.15, 0.2) is 53.2 Å². The molecule has 2 nitrogen and oxygen atoms in total. The van der Waals surface area contributed by atoms with Crippen LogP contribution in [0.1, 0.15) is 0 Å². The van der Waals surface area contributed by atoms with E-state index >= 15 is 0 Å². The fourth-order valence-corrected chi connectivity index (χ4v) is 2.60. The Balaban J connectivity index is 2.32. The molecule has 0 aliphatic carbocycles. The fraction of sp³-hybridized carbons (Fsp3) is 0. The normalized spacial score (nSPS) is 11.6. The average molecular weight is 254 g/mol.